The van der Waals surface area contributed by atoms with Crippen LogP contribution in [0.2, 0.25) is 0 Å². The lowest BCUT2D eigenvalue weighted by Crippen LogP contribution is -2.38. The van der Waals surface area contributed by atoms with E-state index in [4.69, 9.17) is 4.99 Å². The summed E-state index contributed by atoms with van der Waals surface area (Å²) in [5.41, 5.74) is 2.35. The number of benzene rings is 1. The summed E-state index contributed by atoms with van der Waals surface area (Å²) < 4.78 is 13.8. The van der Waals surface area contributed by atoms with Crippen LogP contribution in [0.3, 0.4) is 0 Å². The summed E-state index contributed by atoms with van der Waals surface area (Å²) in [5, 5.41) is 8.76. The summed E-state index contributed by atoms with van der Waals surface area (Å²) >= 11 is 1.66. The average Bonchev–Trinajstić information content (AvgIpc) is 3.10. The molecule has 0 spiro atoms. The maximum atomic E-state index is 13.8. The Morgan fingerprint density at radius 3 is 2.84 bits per heavy atom. The fraction of sp³-hybridized carbons (Fsp3) is 0.158. The number of anilines is 1. The third-order valence-corrected chi connectivity index (χ3v) is 5.13. The van der Waals surface area contributed by atoms with E-state index in [1.54, 1.807) is 23.6 Å². The van der Waals surface area contributed by atoms with E-state index in [-0.39, 0.29) is 18.0 Å². The minimum absolute atomic E-state index is 0.113. The van der Waals surface area contributed by atoms with Gasteiger partial charge in [0.2, 0.25) is 0 Å². The number of pyridine rings is 1. The number of thiophene rings is 1. The Morgan fingerprint density at radius 2 is 2.08 bits per heavy atom. The minimum Gasteiger partial charge on any atom is -0.352 e. The van der Waals surface area contributed by atoms with Crippen molar-refractivity contribution in [3.05, 3.63) is 81.9 Å². The van der Waals surface area contributed by atoms with E-state index in [0.29, 0.717) is 0 Å². The standard InChI is InChI=1S/C19H17FN4S/c1-21-19-17(15-8-4-10-25-15)23-16(12-5-2-6-13(20)11-12)14-7-3-9-22-18(14)24-19/h2-11,17,19,21H,1H3,(H,22,24). The van der Waals surface area contributed by atoms with Gasteiger partial charge in [0.05, 0.1) is 5.71 Å². The van der Waals surface area contributed by atoms with E-state index >= 15 is 0 Å². The normalized spacial score (nSPS) is 19.5. The zero-order valence-corrected chi connectivity index (χ0v) is 14.4. The van der Waals surface area contributed by atoms with E-state index in [9.17, 15) is 4.39 Å². The first kappa shape index (κ1) is 15.9. The molecule has 3 aromatic rings. The molecular formula is C19H17FN4S. The van der Waals surface area contributed by atoms with Crippen LogP contribution in [0.25, 0.3) is 0 Å². The molecule has 6 heteroatoms. The molecule has 3 heterocycles. The highest BCUT2D eigenvalue weighted by Gasteiger charge is 2.29. The molecule has 1 aliphatic heterocycles. The largest absolute Gasteiger partial charge is 0.352 e. The topological polar surface area (TPSA) is 49.3 Å². The zero-order valence-electron chi connectivity index (χ0n) is 13.6. The summed E-state index contributed by atoms with van der Waals surface area (Å²) in [6.45, 7) is 0. The molecule has 0 saturated carbocycles. The van der Waals surface area contributed by atoms with Crippen LogP contribution in [0.4, 0.5) is 10.2 Å². The number of halogens is 1. The van der Waals surface area contributed by atoms with E-state index in [2.05, 4.69) is 21.7 Å². The molecule has 4 rings (SSSR count). The molecule has 2 unspecified atom stereocenters. The number of hydrogen-bond donors (Lipinski definition) is 2. The minimum atomic E-state index is -0.277. The summed E-state index contributed by atoms with van der Waals surface area (Å²) in [4.78, 5) is 10.6. The molecule has 25 heavy (non-hydrogen) atoms. The van der Waals surface area contributed by atoms with Crippen molar-refractivity contribution in [2.24, 2.45) is 4.99 Å². The second kappa shape index (κ2) is 6.74. The molecule has 0 amide bonds. The Morgan fingerprint density at radius 1 is 1.16 bits per heavy atom. The van der Waals surface area contributed by atoms with Crippen LogP contribution < -0.4 is 10.6 Å². The molecule has 1 aliphatic rings. The Kier molecular flexibility index (Phi) is 4.29. The van der Waals surface area contributed by atoms with Crippen molar-refractivity contribution in [2.75, 3.05) is 12.4 Å². The second-order valence-electron chi connectivity index (χ2n) is 5.76. The molecule has 1 aromatic carbocycles. The van der Waals surface area contributed by atoms with Gasteiger partial charge in [-0.3, -0.25) is 10.3 Å². The highest BCUT2D eigenvalue weighted by Crippen LogP contribution is 2.32. The van der Waals surface area contributed by atoms with E-state index in [1.165, 1.54) is 12.1 Å². The maximum Gasteiger partial charge on any atom is 0.136 e. The Labute approximate surface area is 149 Å². The zero-order chi connectivity index (χ0) is 17.2. The van der Waals surface area contributed by atoms with E-state index in [0.717, 1.165) is 27.5 Å². The molecule has 2 aromatic heterocycles. The van der Waals surface area contributed by atoms with Crippen LogP contribution in [0.5, 0.6) is 0 Å². The fourth-order valence-electron chi connectivity index (χ4n) is 3.00. The van der Waals surface area contributed by atoms with Gasteiger partial charge in [-0.1, -0.05) is 18.2 Å². The molecule has 0 aliphatic carbocycles. The quantitative estimate of drug-likeness (QED) is 0.753. The molecule has 0 bridgehead atoms. The van der Waals surface area contributed by atoms with Gasteiger partial charge in [0.25, 0.3) is 0 Å². The number of nitrogens with one attached hydrogen (secondary N) is 2. The van der Waals surface area contributed by atoms with Crippen LogP contribution in [-0.2, 0) is 0 Å². The van der Waals surface area contributed by atoms with Gasteiger partial charge in [-0.2, -0.15) is 0 Å². The lowest BCUT2D eigenvalue weighted by atomic mass is 10.0. The Balaban J connectivity index is 1.92. The SMILES string of the molecule is CNC1Nc2ncccc2C(c2cccc(F)c2)=NC1c1cccs1. The summed E-state index contributed by atoms with van der Waals surface area (Å²) in [6, 6.07) is 14.3. The first-order chi connectivity index (χ1) is 12.3. The maximum absolute atomic E-state index is 13.8. The molecule has 126 valence electrons. The molecule has 0 fully saturated rings. The first-order valence-electron chi connectivity index (χ1n) is 8.02. The van der Waals surface area contributed by atoms with Crippen LogP contribution in [0.15, 0.2) is 65.1 Å². The van der Waals surface area contributed by atoms with Crippen molar-refractivity contribution in [2.45, 2.75) is 12.2 Å². The first-order valence-corrected chi connectivity index (χ1v) is 8.90. The van der Waals surface area contributed by atoms with Gasteiger partial charge in [-0.15, -0.1) is 11.3 Å². The van der Waals surface area contributed by atoms with Gasteiger partial charge < -0.3 is 5.32 Å². The van der Waals surface area contributed by atoms with Crippen LogP contribution in [0.1, 0.15) is 22.0 Å². The Bertz CT molecular complexity index is 907. The van der Waals surface area contributed by atoms with Gasteiger partial charge in [0.15, 0.2) is 0 Å². The highest BCUT2D eigenvalue weighted by molar-refractivity contribution is 7.10. The van der Waals surface area contributed by atoms with Gasteiger partial charge in [0, 0.05) is 22.2 Å². The molecular weight excluding hydrogens is 335 g/mol. The van der Waals surface area contributed by atoms with Gasteiger partial charge in [0.1, 0.15) is 23.8 Å². The number of hydrogen-bond acceptors (Lipinski definition) is 5. The van der Waals surface area contributed by atoms with Gasteiger partial charge in [-0.05, 0) is 42.8 Å². The number of rotatable bonds is 3. The summed E-state index contributed by atoms with van der Waals surface area (Å²) in [6.07, 6.45) is 1.63. The van der Waals surface area contributed by atoms with Crippen molar-refractivity contribution < 1.29 is 4.39 Å². The van der Waals surface area contributed by atoms with Crippen molar-refractivity contribution in [3.8, 4) is 0 Å². The van der Waals surface area contributed by atoms with Crippen molar-refractivity contribution in [1.29, 1.82) is 0 Å². The fourth-order valence-corrected chi connectivity index (χ4v) is 3.80. The lowest BCUT2D eigenvalue weighted by molar-refractivity contribution is 0.528. The molecule has 4 nitrogen and oxygen atoms in total. The number of aromatic nitrogens is 1. The summed E-state index contributed by atoms with van der Waals surface area (Å²) in [7, 11) is 1.89. The third kappa shape index (κ3) is 3.06. The van der Waals surface area contributed by atoms with E-state index in [1.807, 2.05) is 36.7 Å². The van der Waals surface area contributed by atoms with Gasteiger partial charge in [-0.25, -0.2) is 9.37 Å². The summed E-state index contributed by atoms with van der Waals surface area (Å²) in [5.74, 6) is 0.463. The van der Waals surface area contributed by atoms with Gasteiger partial charge >= 0.3 is 0 Å². The molecule has 2 atom stereocenters. The van der Waals surface area contributed by atoms with Crippen molar-refractivity contribution in [1.82, 2.24) is 10.3 Å². The number of aliphatic imine (C=N–C) groups is 1. The molecule has 2 N–H and O–H groups in total. The molecule has 0 radical (unpaired) electrons. The Hall–Kier alpha value is -2.57. The number of fused-ring (bicyclic) bond motifs is 1. The number of nitrogens with zero attached hydrogens (tertiary/aromatic N) is 2. The molecule has 0 saturated heterocycles. The van der Waals surface area contributed by atoms with Crippen LogP contribution in [0, 0.1) is 5.82 Å². The van der Waals surface area contributed by atoms with Crippen LogP contribution >= 0.6 is 11.3 Å². The predicted octanol–water partition coefficient (Wildman–Crippen LogP) is 3.83. The van der Waals surface area contributed by atoms with Crippen molar-refractivity contribution in [3.63, 3.8) is 0 Å². The monoisotopic (exact) mass is 352 g/mol. The highest BCUT2D eigenvalue weighted by atomic mass is 32.1. The third-order valence-electron chi connectivity index (χ3n) is 4.18. The second-order valence-corrected chi connectivity index (χ2v) is 6.74. The van der Waals surface area contributed by atoms with Crippen LogP contribution in [-0.4, -0.2) is 23.9 Å². The smallest absolute Gasteiger partial charge is 0.136 e. The predicted molar refractivity (Wildman–Crippen MR) is 99.8 cm³/mol. The van der Waals surface area contributed by atoms with E-state index < -0.39 is 0 Å². The average molecular weight is 352 g/mol. The number of likely N-dealkylation sites (N-methyl/N-ethyl adjacent to an activating group) is 1. The lowest BCUT2D eigenvalue weighted by Gasteiger charge is -2.23. The van der Waals surface area contributed by atoms with Crippen molar-refractivity contribution >= 4 is 22.9 Å².